The van der Waals surface area contributed by atoms with Gasteiger partial charge in [-0.15, -0.1) is 0 Å². The molecule has 1 heterocycles. The third kappa shape index (κ3) is 2.87. The lowest BCUT2D eigenvalue weighted by molar-refractivity contribution is 0.189. The monoisotopic (exact) mass is 250 g/mol. The summed E-state index contributed by atoms with van der Waals surface area (Å²) in [6.07, 6.45) is 1.10. The summed E-state index contributed by atoms with van der Waals surface area (Å²) in [6, 6.07) is 5.91. The lowest BCUT2D eigenvalue weighted by Gasteiger charge is -2.12. The lowest BCUT2D eigenvalue weighted by Crippen LogP contribution is -2.02. The topological polar surface area (TPSA) is 47.3 Å². The first-order chi connectivity index (χ1) is 8.56. The molecule has 0 bridgehead atoms. The van der Waals surface area contributed by atoms with E-state index in [0.717, 1.165) is 5.69 Å². The Bertz CT molecular complexity index is 538. The standard InChI is InChI=1S/C13H15FN2O2/c1-9(17)12-4-3-10(14)7-13(12)18-8-11-5-6-16(2)15-11/h3-7,9,17H,8H2,1-2H3. The van der Waals surface area contributed by atoms with Crippen LogP contribution in [-0.4, -0.2) is 14.9 Å². The molecule has 5 heteroatoms. The zero-order valence-corrected chi connectivity index (χ0v) is 10.3. The molecule has 0 aliphatic rings. The zero-order valence-electron chi connectivity index (χ0n) is 10.3. The Morgan fingerprint density at radius 3 is 2.83 bits per heavy atom. The quantitative estimate of drug-likeness (QED) is 0.904. The van der Waals surface area contributed by atoms with Gasteiger partial charge < -0.3 is 9.84 Å². The molecule has 0 fully saturated rings. The molecule has 1 N–H and O–H groups in total. The Morgan fingerprint density at radius 2 is 2.22 bits per heavy atom. The molecular weight excluding hydrogens is 235 g/mol. The second-order valence-corrected chi connectivity index (χ2v) is 4.13. The minimum Gasteiger partial charge on any atom is -0.487 e. The van der Waals surface area contributed by atoms with Gasteiger partial charge in [0.25, 0.3) is 0 Å². The van der Waals surface area contributed by atoms with E-state index in [1.54, 1.807) is 17.8 Å². The summed E-state index contributed by atoms with van der Waals surface area (Å²) in [5.74, 6) is -0.0499. The first-order valence-electron chi connectivity index (χ1n) is 5.65. The fraction of sp³-hybridized carbons (Fsp3) is 0.308. The number of benzene rings is 1. The van der Waals surface area contributed by atoms with E-state index in [1.807, 2.05) is 13.1 Å². The number of aliphatic hydroxyl groups is 1. The first-order valence-corrected chi connectivity index (χ1v) is 5.65. The van der Waals surface area contributed by atoms with Crippen molar-refractivity contribution in [2.24, 2.45) is 7.05 Å². The fourth-order valence-corrected chi connectivity index (χ4v) is 1.67. The van der Waals surface area contributed by atoms with Crippen molar-refractivity contribution >= 4 is 0 Å². The highest BCUT2D eigenvalue weighted by Gasteiger charge is 2.11. The molecule has 0 saturated heterocycles. The molecule has 1 unspecified atom stereocenters. The molecule has 0 aliphatic carbocycles. The number of aliphatic hydroxyl groups excluding tert-OH is 1. The second-order valence-electron chi connectivity index (χ2n) is 4.13. The summed E-state index contributed by atoms with van der Waals surface area (Å²) in [4.78, 5) is 0. The third-order valence-electron chi connectivity index (χ3n) is 2.57. The number of aromatic nitrogens is 2. The van der Waals surface area contributed by atoms with Gasteiger partial charge in [0.05, 0.1) is 11.8 Å². The fourth-order valence-electron chi connectivity index (χ4n) is 1.67. The zero-order chi connectivity index (χ0) is 13.1. The number of aryl methyl sites for hydroxylation is 1. The average molecular weight is 250 g/mol. The number of nitrogens with zero attached hydrogens (tertiary/aromatic N) is 2. The van der Waals surface area contributed by atoms with Gasteiger partial charge in [-0.3, -0.25) is 4.68 Å². The van der Waals surface area contributed by atoms with Gasteiger partial charge in [0.1, 0.15) is 18.2 Å². The van der Waals surface area contributed by atoms with Crippen LogP contribution in [0.15, 0.2) is 30.5 Å². The summed E-state index contributed by atoms with van der Waals surface area (Å²) >= 11 is 0. The largest absolute Gasteiger partial charge is 0.487 e. The van der Waals surface area contributed by atoms with Crippen molar-refractivity contribution in [3.8, 4) is 5.75 Å². The van der Waals surface area contributed by atoms with Gasteiger partial charge in [0.15, 0.2) is 0 Å². The van der Waals surface area contributed by atoms with Gasteiger partial charge >= 0.3 is 0 Å². The van der Waals surface area contributed by atoms with E-state index >= 15 is 0 Å². The Morgan fingerprint density at radius 1 is 1.44 bits per heavy atom. The lowest BCUT2D eigenvalue weighted by atomic mass is 10.1. The Balaban J connectivity index is 2.15. The second kappa shape index (κ2) is 5.18. The SMILES string of the molecule is CC(O)c1ccc(F)cc1OCc1ccn(C)n1. The van der Waals surface area contributed by atoms with Gasteiger partial charge in [-0.25, -0.2) is 4.39 Å². The maximum absolute atomic E-state index is 13.2. The summed E-state index contributed by atoms with van der Waals surface area (Å²) in [7, 11) is 1.81. The predicted octanol–water partition coefficient (Wildman–Crippen LogP) is 2.19. The van der Waals surface area contributed by atoms with Crippen molar-refractivity contribution in [3.05, 3.63) is 47.5 Å². The van der Waals surface area contributed by atoms with Crippen LogP contribution in [0.4, 0.5) is 4.39 Å². The highest BCUT2D eigenvalue weighted by atomic mass is 19.1. The van der Waals surface area contributed by atoms with E-state index in [0.29, 0.717) is 11.3 Å². The van der Waals surface area contributed by atoms with Crippen molar-refractivity contribution in [1.82, 2.24) is 9.78 Å². The van der Waals surface area contributed by atoms with Crippen LogP contribution >= 0.6 is 0 Å². The molecular formula is C13H15FN2O2. The molecule has 0 amide bonds. The maximum Gasteiger partial charge on any atom is 0.132 e. The van der Waals surface area contributed by atoms with Crippen LogP contribution in [0.3, 0.4) is 0 Å². The summed E-state index contributed by atoms with van der Waals surface area (Å²) in [5.41, 5.74) is 1.31. The summed E-state index contributed by atoms with van der Waals surface area (Å²) < 4.78 is 20.3. The molecule has 0 saturated carbocycles. The molecule has 96 valence electrons. The number of rotatable bonds is 4. The van der Waals surface area contributed by atoms with Gasteiger partial charge in [0.2, 0.25) is 0 Å². The van der Waals surface area contributed by atoms with E-state index in [2.05, 4.69) is 5.10 Å². The third-order valence-corrected chi connectivity index (χ3v) is 2.57. The van der Waals surface area contributed by atoms with Crippen molar-refractivity contribution in [1.29, 1.82) is 0 Å². The van der Waals surface area contributed by atoms with Crippen molar-refractivity contribution in [2.75, 3.05) is 0 Å². The van der Waals surface area contributed by atoms with Crippen LogP contribution in [0.2, 0.25) is 0 Å². The molecule has 0 aliphatic heterocycles. The summed E-state index contributed by atoms with van der Waals surface area (Å²) in [5, 5.41) is 13.7. The molecule has 0 spiro atoms. The van der Waals surface area contributed by atoms with E-state index < -0.39 is 11.9 Å². The van der Waals surface area contributed by atoms with Crippen LogP contribution in [-0.2, 0) is 13.7 Å². The Labute approximate surface area is 105 Å². The number of hydrogen-bond donors (Lipinski definition) is 1. The van der Waals surface area contributed by atoms with Gasteiger partial charge in [0, 0.05) is 24.9 Å². The maximum atomic E-state index is 13.2. The van der Waals surface area contributed by atoms with Gasteiger partial charge in [-0.05, 0) is 25.1 Å². The summed E-state index contributed by atoms with van der Waals surface area (Å²) in [6.45, 7) is 1.85. The van der Waals surface area contributed by atoms with Crippen LogP contribution in [0.1, 0.15) is 24.3 Å². The average Bonchev–Trinajstić information content (AvgIpc) is 2.72. The van der Waals surface area contributed by atoms with Gasteiger partial charge in [-0.1, -0.05) is 0 Å². The van der Waals surface area contributed by atoms with Crippen molar-refractivity contribution in [3.63, 3.8) is 0 Å². The smallest absolute Gasteiger partial charge is 0.132 e. The molecule has 18 heavy (non-hydrogen) atoms. The van der Waals surface area contributed by atoms with Crippen molar-refractivity contribution in [2.45, 2.75) is 19.6 Å². The molecule has 0 radical (unpaired) electrons. The Hall–Kier alpha value is -1.88. The van der Waals surface area contributed by atoms with Crippen molar-refractivity contribution < 1.29 is 14.2 Å². The van der Waals surface area contributed by atoms with E-state index in [9.17, 15) is 9.50 Å². The molecule has 4 nitrogen and oxygen atoms in total. The molecule has 1 aromatic heterocycles. The number of hydrogen-bond acceptors (Lipinski definition) is 3. The van der Waals surface area contributed by atoms with Gasteiger partial charge in [-0.2, -0.15) is 5.10 Å². The van der Waals surface area contributed by atoms with Crippen LogP contribution in [0.5, 0.6) is 5.75 Å². The van der Waals surface area contributed by atoms with Crippen LogP contribution < -0.4 is 4.74 Å². The Kier molecular flexibility index (Phi) is 3.62. The number of ether oxygens (including phenoxy) is 1. The van der Waals surface area contributed by atoms with E-state index in [-0.39, 0.29) is 6.61 Å². The molecule has 1 atom stereocenters. The minimum atomic E-state index is -0.704. The highest BCUT2D eigenvalue weighted by molar-refractivity contribution is 5.35. The number of halogens is 1. The molecule has 2 rings (SSSR count). The minimum absolute atomic E-state index is 0.240. The van der Waals surface area contributed by atoms with Crippen LogP contribution in [0, 0.1) is 5.82 Å². The highest BCUT2D eigenvalue weighted by Crippen LogP contribution is 2.26. The van der Waals surface area contributed by atoms with Crippen LogP contribution in [0.25, 0.3) is 0 Å². The van der Waals surface area contributed by atoms with E-state index in [1.165, 1.54) is 18.2 Å². The molecule has 2 aromatic rings. The normalized spacial score (nSPS) is 12.4. The van der Waals surface area contributed by atoms with E-state index in [4.69, 9.17) is 4.74 Å². The first kappa shape index (κ1) is 12.6. The predicted molar refractivity (Wildman–Crippen MR) is 64.6 cm³/mol. The molecule has 1 aromatic carbocycles.